The van der Waals surface area contributed by atoms with Crippen LogP contribution in [0.4, 0.5) is 5.13 Å². The topological polar surface area (TPSA) is 115 Å². The van der Waals surface area contributed by atoms with E-state index < -0.39 is 17.7 Å². The van der Waals surface area contributed by atoms with E-state index in [0.29, 0.717) is 58.0 Å². The van der Waals surface area contributed by atoms with Gasteiger partial charge in [0.05, 0.1) is 47.8 Å². The van der Waals surface area contributed by atoms with Crippen LogP contribution in [0.15, 0.2) is 60.3 Å². The Hall–Kier alpha value is -4.90. The van der Waals surface area contributed by atoms with Gasteiger partial charge in [-0.1, -0.05) is 30.4 Å². The van der Waals surface area contributed by atoms with Crippen molar-refractivity contribution in [3.8, 4) is 17.2 Å². The summed E-state index contributed by atoms with van der Waals surface area (Å²) in [4.78, 5) is 38.5. The van der Waals surface area contributed by atoms with Crippen LogP contribution in [0.3, 0.4) is 0 Å². The number of fused-ring (bicyclic) bond motifs is 2. The Balaban J connectivity index is 1.58. The molecular formula is C33H32N4O6S. The standard InChI is InChI=1S/C33H32N4O6S/c1-6-15-43-23-13-10-20(16-24(23)42-7-2)28-26(29(38)27-19(4)36-14-8-9-18(3)31(36)35-27)30(39)32(40)37(28)33-34-22-12-11-21(41-5)17-25(22)44-33/h8-14,16-17,28,38H,6-7,15H2,1-5H3/b29-26+. The molecule has 44 heavy (non-hydrogen) atoms. The summed E-state index contributed by atoms with van der Waals surface area (Å²) < 4.78 is 19.8. The fourth-order valence-electron chi connectivity index (χ4n) is 5.44. The van der Waals surface area contributed by atoms with E-state index in [9.17, 15) is 14.7 Å². The summed E-state index contributed by atoms with van der Waals surface area (Å²) in [5.74, 6) is -0.326. The number of nitrogens with zero attached hydrogens (tertiary/aromatic N) is 4. The molecule has 4 heterocycles. The second-order valence-corrected chi connectivity index (χ2v) is 11.4. The molecule has 226 valence electrons. The highest BCUT2D eigenvalue weighted by Crippen LogP contribution is 2.46. The average molecular weight is 613 g/mol. The molecule has 0 saturated carbocycles. The number of amides is 1. The van der Waals surface area contributed by atoms with Crippen molar-refractivity contribution in [1.29, 1.82) is 0 Å². The molecule has 1 aliphatic rings. The fraction of sp³-hybridized carbons (Fsp3) is 0.273. The number of ketones is 1. The van der Waals surface area contributed by atoms with Crippen LogP contribution in [0.5, 0.6) is 17.2 Å². The summed E-state index contributed by atoms with van der Waals surface area (Å²) in [6.07, 6.45) is 2.66. The van der Waals surface area contributed by atoms with Gasteiger partial charge in [-0.2, -0.15) is 0 Å². The molecule has 11 heteroatoms. The number of aliphatic hydroxyl groups excluding tert-OH is 1. The van der Waals surface area contributed by atoms with Gasteiger partial charge in [-0.25, -0.2) is 9.97 Å². The highest BCUT2D eigenvalue weighted by atomic mass is 32.1. The van der Waals surface area contributed by atoms with Crippen molar-refractivity contribution in [2.24, 2.45) is 0 Å². The predicted molar refractivity (Wildman–Crippen MR) is 169 cm³/mol. The Kier molecular flexibility index (Phi) is 7.73. The summed E-state index contributed by atoms with van der Waals surface area (Å²) in [5.41, 5.74) is 3.53. The van der Waals surface area contributed by atoms with Gasteiger partial charge >= 0.3 is 5.91 Å². The Morgan fingerprint density at radius 3 is 2.57 bits per heavy atom. The Labute approximate surface area is 258 Å². The number of imidazole rings is 1. The molecule has 1 amide bonds. The molecule has 10 nitrogen and oxygen atoms in total. The van der Waals surface area contributed by atoms with E-state index in [2.05, 4.69) is 0 Å². The molecule has 0 bridgehead atoms. The number of carbonyl (C=O) groups is 2. The minimum absolute atomic E-state index is 0.0827. The molecule has 2 aromatic carbocycles. The number of aromatic nitrogens is 3. The Morgan fingerprint density at radius 2 is 1.84 bits per heavy atom. The largest absolute Gasteiger partial charge is 0.505 e. The van der Waals surface area contributed by atoms with Crippen LogP contribution in [-0.4, -0.2) is 51.5 Å². The molecule has 0 aliphatic carbocycles. The maximum Gasteiger partial charge on any atom is 0.301 e. The van der Waals surface area contributed by atoms with Gasteiger partial charge in [0.2, 0.25) is 0 Å². The van der Waals surface area contributed by atoms with Gasteiger partial charge in [-0.3, -0.25) is 14.5 Å². The first-order valence-electron chi connectivity index (χ1n) is 14.4. The van der Waals surface area contributed by atoms with Gasteiger partial charge in [0.15, 0.2) is 22.4 Å². The first kappa shape index (κ1) is 29.2. The fourth-order valence-corrected chi connectivity index (χ4v) is 6.46. The van der Waals surface area contributed by atoms with E-state index in [1.54, 1.807) is 37.4 Å². The number of ether oxygens (including phenoxy) is 3. The highest BCUT2D eigenvalue weighted by molar-refractivity contribution is 7.22. The number of benzene rings is 2. The number of thiazole rings is 1. The molecule has 1 saturated heterocycles. The molecule has 5 aromatic rings. The molecular weight excluding hydrogens is 580 g/mol. The number of Topliss-reactive ketones (excluding diaryl/α,β-unsaturated/α-hetero) is 1. The lowest BCUT2D eigenvalue weighted by atomic mass is 9.96. The van der Waals surface area contributed by atoms with Gasteiger partial charge in [0.25, 0.3) is 5.78 Å². The number of aryl methyl sites for hydroxylation is 2. The third kappa shape index (κ3) is 4.83. The quantitative estimate of drug-likeness (QED) is 0.116. The van der Waals surface area contributed by atoms with Crippen LogP contribution in [0, 0.1) is 13.8 Å². The van der Waals surface area contributed by atoms with E-state index >= 15 is 0 Å². The zero-order valence-electron chi connectivity index (χ0n) is 25.1. The minimum atomic E-state index is -1.01. The van der Waals surface area contributed by atoms with E-state index in [1.165, 1.54) is 16.2 Å². The van der Waals surface area contributed by atoms with Crippen molar-refractivity contribution in [2.75, 3.05) is 25.2 Å². The molecule has 1 fully saturated rings. The number of hydrogen-bond donors (Lipinski definition) is 1. The van der Waals surface area contributed by atoms with Gasteiger partial charge in [0.1, 0.15) is 17.1 Å². The lowest BCUT2D eigenvalue weighted by Gasteiger charge is -2.24. The van der Waals surface area contributed by atoms with E-state index in [0.717, 1.165) is 16.7 Å². The van der Waals surface area contributed by atoms with Crippen LogP contribution in [0.2, 0.25) is 0 Å². The van der Waals surface area contributed by atoms with E-state index in [1.807, 2.05) is 56.5 Å². The average Bonchev–Trinajstić information content (AvgIpc) is 3.68. The smallest absolute Gasteiger partial charge is 0.301 e. The number of aliphatic hydroxyl groups is 1. The number of methoxy groups -OCH3 is 1. The molecule has 1 N–H and O–H groups in total. The lowest BCUT2D eigenvalue weighted by molar-refractivity contribution is -0.132. The van der Waals surface area contributed by atoms with Crippen molar-refractivity contribution >= 4 is 49.8 Å². The second-order valence-electron chi connectivity index (χ2n) is 10.4. The molecule has 0 radical (unpaired) electrons. The maximum absolute atomic E-state index is 13.9. The summed E-state index contributed by atoms with van der Waals surface area (Å²) >= 11 is 1.26. The van der Waals surface area contributed by atoms with Crippen molar-refractivity contribution in [1.82, 2.24) is 14.4 Å². The van der Waals surface area contributed by atoms with Gasteiger partial charge in [-0.05, 0) is 74.7 Å². The Morgan fingerprint density at radius 1 is 1.02 bits per heavy atom. The normalized spacial score (nSPS) is 16.3. The third-order valence-corrected chi connectivity index (χ3v) is 8.61. The molecule has 1 unspecified atom stereocenters. The number of anilines is 1. The summed E-state index contributed by atoms with van der Waals surface area (Å²) in [5, 5.41) is 12.2. The molecule has 1 atom stereocenters. The molecule has 6 rings (SSSR count). The van der Waals surface area contributed by atoms with Gasteiger partial charge in [-0.15, -0.1) is 0 Å². The number of pyridine rings is 1. The van der Waals surface area contributed by atoms with Crippen LogP contribution >= 0.6 is 11.3 Å². The summed E-state index contributed by atoms with van der Waals surface area (Å²) in [6.45, 7) is 8.49. The lowest BCUT2D eigenvalue weighted by Crippen LogP contribution is -2.29. The first-order valence-corrected chi connectivity index (χ1v) is 15.2. The number of carbonyl (C=O) groups excluding carboxylic acids is 2. The molecule has 3 aromatic heterocycles. The van der Waals surface area contributed by atoms with E-state index in [4.69, 9.17) is 24.2 Å². The van der Waals surface area contributed by atoms with Crippen molar-refractivity contribution in [3.05, 3.63) is 82.8 Å². The number of hydrogen-bond acceptors (Lipinski definition) is 9. The van der Waals surface area contributed by atoms with Gasteiger partial charge < -0.3 is 23.7 Å². The zero-order valence-corrected chi connectivity index (χ0v) is 25.9. The van der Waals surface area contributed by atoms with Crippen molar-refractivity contribution in [2.45, 2.75) is 40.2 Å². The van der Waals surface area contributed by atoms with Crippen LogP contribution in [0.1, 0.15) is 48.8 Å². The predicted octanol–water partition coefficient (Wildman–Crippen LogP) is 6.38. The molecule has 0 spiro atoms. The second kappa shape index (κ2) is 11.6. The third-order valence-electron chi connectivity index (χ3n) is 7.59. The van der Waals surface area contributed by atoms with Crippen LogP contribution < -0.4 is 19.1 Å². The minimum Gasteiger partial charge on any atom is -0.505 e. The summed E-state index contributed by atoms with van der Waals surface area (Å²) in [7, 11) is 1.58. The van der Waals surface area contributed by atoms with Crippen molar-refractivity contribution in [3.63, 3.8) is 0 Å². The first-order chi connectivity index (χ1) is 21.3. The van der Waals surface area contributed by atoms with Crippen molar-refractivity contribution < 1.29 is 28.9 Å². The van der Waals surface area contributed by atoms with Gasteiger partial charge in [0, 0.05) is 6.20 Å². The number of rotatable bonds is 9. The SMILES string of the molecule is CCCOc1ccc(C2/C(=C(\O)c3nc4c(C)cccn4c3C)C(=O)C(=O)N2c2nc3ccc(OC)cc3s2)cc1OCC. The monoisotopic (exact) mass is 612 g/mol. The maximum atomic E-state index is 13.9. The molecule has 1 aliphatic heterocycles. The highest BCUT2D eigenvalue weighted by Gasteiger charge is 2.49. The Bertz CT molecular complexity index is 1960. The zero-order chi connectivity index (χ0) is 31.1. The van der Waals surface area contributed by atoms with Crippen LogP contribution in [0.25, 0.3) is 21.6 Å². The summed E-state index contributed by atoms with van der Waals surface area (Å²) in [6, 6.07) is 13.5. The van der Waals surface area contributed by atoms with Crippen LogP contribution in [-0.2, 0) is 9.59 Å². The van der Waals surface area contributed by atoms with E-state index in [-0.39, 0.29) is 17.0 Å².